The van der Waals surface area contributed by atoms with E-state index < -0.39 is 5.97 Å². The van der Waals surface area contributed by atoms with E-state index in [2.05, 4.69) is 4.90 Å². The van der Waals surface area contributed by atoms with Crippen molar-refractivity contribution < 1.29 is 14.7 Å². The van der Waals surface area contributed by atoms with Crippen molar-refractivity contribution in [3.05, 3.63) is 0 Å². The summed E-state index contributed by atoms with van der Waals surface area (Å²) in [4.78, 5) is 26.0. The molecule has 4 nitrogen and oxygen atoms in total. The van der Waals surface area contributed by atoms with E-state index >= 15 is 0 Å². The molecule has 1 saturated heterocycles. The second kappa shape index (κ2) is 5.98. The van der Waals surface area contributed by atoms with Crippen LogP contribution in [0.1, 0.15) is 70.6 Å². The Balaban J connectivity index is 1.66. The van der Waals surface area contributed by atoms with E-state index in [1.807, 2.05) is 0 Å². The van der Waals surface area contributed by atoms with Crippen molar-refractivity contribution >= 4 is 11.9 Å². The summed E-state index contributed by atoms with van der Waals surface area (Å²) in [6, 6.07) is 0.453. The minimum atomic E-state index is -0.748. The number of hydrogen-bond acceptors (Lipinski definition) is 2. The molecule has 1 amide bonds. The van der Waals surface area contributed by atoms with Crippen LogP contribution in [0.4, 0.5) is 0 Å². The van der Waals surface area contributed by atoms with Gasteiger partial charge in [-0.3, -0.25) is 9.59 Å². The minimum absolute atomic E-state index is 0.167. The van der Waals surface area contributed by atoms with Gasteiger partial charge in [0, 0.05) is 19.0 Å². The molecule has 3 aliphatic rings. The van der Waals surface area contributed by atoms with Crippen LogP contribution in [-0.2, 0) is 9.59 Å². The fourth-order valence-corrected chi connectivity index (χ4v) is 5.00. The predicted octanol–water partition coefficient (Wildman–Crippen LogP) is 3.20. The molecular formula is C17H27NO3. The number of likely N-dealkylation sites (tertiary alicyclic amines) is 1. The molecule has 2 aliphatic carbocycles. The van der Waals surface area contributed by atoms with Crippen LogP contribution in [-0.4, -0.2) is 34.5 Å². The lowest BCUT2D eigenvalue weighted by atomic mass is 9.78. The summed E-state index contributed by atoms with van der Waals surface area (Å²) in [5.41, 5.74) is -0.254. The first-order chi connectivity index (χ1) is 10.1. The second-order valence-electron chi connectivity index (χ2n) is 7.44. The first-order valence-electron chi connectivity index (χ1n) is 8.61. The Hall–Kier alpha value is -1.06. The van der Waals surface area contributed by atoms with Crippen molar-refractivity contribution in [2.24, 2.45) is 11.3 Å². The summed E-state index contributed by atoms with van der Waals surface area (Å²) < 4.78 is 0. The average Bonchev–Trinajstić information content (AvgIpc) is 3.04. The normalized spacial score (nSPS) is 31.1. The summed E-state index contributed by atoms with van der Waals surface area (Å²) in [6.45, 7) is 0.900. The van der Waals surface area contributed by atoms with Crippen LogP contribution < -0.4 is 0 Å². The van der Waals surface area contributed by atoms with Gasteiger partial charge in [-0.15, -0.1) is 0 Å². The Kier molecular flexibility index (Phi) is 4.23. The lowest BCUT2D eigenvalue weighted by Crippen LogP contribution is -2.41. The molecule has 0 aromatic rings. The standard InChI is InChI=1S/C17H27NO3/c19-15(11-17(12-16(20)21)8-3-4-9-17)18-10-7-13-5-1-2-6-14(13)18/h13-14H,1-12H2,(H,20,21). The van der Waals surface area contributed by atoms with Crippen LogP contribution in [0, 0.1) is 11.3 Å². The monoisotopic (exact) mass is 293 g/mol. The average molecular weight is 293 g/mol. The fraction of sp³-hybridized carbons (Fsp3) is 0.882. The molecule has 0 radical (unpaired) electrons. The minimum Gasteiger partial charge on any atom is -0.481 e. The topological polar surface area (TPSA) is 57.6 Å². The molecule has 2 unspecified atom stereocenters. The summed E-state index contributed by atoms with van der Waals surface area (Å²) >= 11 is 0. The molecule has 3 rings (SSSR count). The van der Waals surface area contributed by atoms with Gasteiger partial charge in [0.1, 0.15) is 0 Å². The number of carbonyl (C=O) groups excluding carboxylic acids is 1. The van der Waals surface area contributed by atoms with E-state index in [4.69, 9.17) is 0 Å². The lowest BCUT2D eigenvalue weighted by Gasteiger charge is -2.34. The van der Waals surface area contributed by atoms with Crippen LogP contribution >= 0.6 is 0 Å². The van der Waals surface area contributed by atoms with E-state index in [0.29, 0.717) is 18.4 Å². The van der Waals surface area contributed by atoms with Crippen molar-refractivity contribution in [3.63, 3.8) is 0 Å². The Morgan fingerprint density at radius 2 is 1.71 bits per heavy atom. The molecule has 21 heavy (non-hydrogen) atoms. The largest absolute Gasteiger partial charge is 0.481 e. The molecule has 0 aromatic heterocycles. The molecule has 1 aliphatic heterocycles. The number of carboxylic acid groups (broad SMARTS) is 1. The molecular weight excluding hydrogens is 266 g/mol. The van der Waals surface area contributed by atoms with Gasteiger partial charge in [-0.2, -0.15) is 0 Å². The number of aliphatic carboxylic acids is 1. The van der Waals surface area contributed by atoms with Crippen LogP contribution in [0.15, 0.2) is 0 Å². The zero-order valence-electron chi connectivity index (χ0n) is 12.9. The van der Waals surface area contributed by atoms with Crippen molar-refractivity contribution in [1.29, 1.82) is 0 Å². The van der Waals surface area contributed by atoms with E-state index in [1.165, 1.54) is 19.3 Å². The highest BCUT2D eigenvalue weighted by Gasteiger charge is 2.43. The van der Waals surface area contributed by atoms with Gasteiger partial charge in [-0.05, 0) is 43.4 Å². The maximum absolute atomic E-state index is 12.8. The quantitative estimate of drug-likeness (QED) is 0.866. The summed E-state index contributed by atoms with van der Waals surface area (Å²) in [6.07, 6.45) is 10.7. The molecule has 0 aromatic carbocycles. The van der Waals surface area contributed by atoms with Gasteiger partial charge in [0.15, 0.2) is 0 Å². The van der Waals surface area contributed by atoms with Crippen LogP contribution in [0.5, 0.6) is 0 Å². The molecule has 3 fully saturated rings. The summed E-state index contributed by atoms with van der Waals surface area (Å²) in [7, 11) is 0. The van der Waals surface area contributed by atoms with Crippen molar-refractivity contribution in [2.75, 3.05) is 6.54 Å². The Bertz CT molecular complexity index is 414. The van der Waals surface area contributed by atoms with Gasteiger partial charge in [0.25, 0.3) is 0 Å². The van der Waals surface area contributed by atoms with Crippen molar-refractivity contribution in [1.82, 2.24) is 4.90 Å². The van der Waals surface area contributed by atoms with Crippen LogP contribution in [0.2, 0.25) is 0 Å². The molecule has 1 heterocycles. The molecule has 0 spiro atoms. The smallest absolute Gasteiger partial charge is 0.303 e. The van der Waals surface area contributed by atoms with Crippen molar-refractivity contribution in [3.8, 4) is 0 Å². The van der Waals surface area contributed by atoms with Gasteiger partial charge in [-0.25, -0.2) is 0 Å². The van der Waals surface area contributed by atoms with Gasteiger partial charge < -0.3 is 10.0 Å². The summed E-state index contributed by atoms with van der Waals surface area (Å²) in [5, 5.41) is 9.18. The Labute approximate surface area is 126 Å². The van der Waals surface area contributed by atoms with Crippen LogP contribution in [0.25, 0.3) is 0 Å². The Morgan fingerprint density at radius 3 is 2.43 bits per heavy atom. The lowest BCUT2D eigenvalue weighted by molar-refractivity contribution is -0.141. The number of amides is 1. The molecule has 0 bridgehead atoms. The number of carboxylic acids is 1. The number of rotatable bonds is 4. The third-order valence-electron chi connectivity index (χ3n) is 6.05. The highest BCUT2D eigenvalue weighted by molar-refractivity contribution is 5.79. The fourth-order valence-electron chi connectivity index (χ4n) is 5.00. The van der Waals surface area contributed by atoms with E-state index in [0.717, 1.165) is 45.1 Å². The highest BCUT2D eigenvalue weighted by atomic mass is 16.4. The van der Waals surface area contributed by atoms with Gasteiger partial charge in [0.2, 0.25) is 5.91 Å². The number of hydrogen-bond donors (Lipinski definition) is 1. The van der Waals surface area contributed by atoms with Gasteiger partial charge in [-0.1, -0.05) is 25.7 Å². The van der Waals surface area contributed by atoms with Gasteiger partial charge >= 0.3 is 5.97 Å². The van der Waals surface area contributed by atoms with E-state index in [-0.39, 0.29) is 17.7 Å². The summed E-state index contributed by atoms with van der Waals surface area (Å²) in [5.74, 6) is 0.191. The molecule has 2 saturated carbocycles. The van der Waals surface area contributed by atoms with Crippen molar-refractivity contribution in [2.45, 2.75) is 76.7 Å². The maximum atomic E-state index is 12.8. The maximum Gasteiger partial charge on any atom is 0.303 e. The second-order valence-corrected chi connectivity index (χ2v) is 7.44. The number of fused-ring (bicyclic) bond motifs is 1. The number of nitrogens with zero attached hydrogens (tertiary/aromatic N) is 1. The SMILES string of the molecule is O=C(O)CC1(CC(=O)N2CCC3CCCCC32)CCCC1. The Morgan fingerprint density at radius 1 is 1.00 bits per heavy atom. The molecule has 1 N–H and O–H groups in total. The molecule has 4 heteroatoms. The highest BCUT2D eigenvalue weighted by Crippen LogP contribution is 2.45. The molecule has 2 atom stereocenters. The van der Waals surface area contributed by atoms with E-state index in [9.17, 15) is 14.7 Å². The zero-order valence-corrected chi connectivity index (χ0v) is 12.9. The first kappa shape index (κ1) is 14.9. The third kappa shape index (κ3) is 3.09. The first-order valence-corrected chi connectivity index (χ1v) is 8.61. The third-order valence-corrected chi connectivity index (χ3v) is 6.05. The zero-order chi connectivity index (χ0) is 14.9. The van der Waals surface area contributed by atoms with Crippen LogP contribution in [0.3, 0.4) is 0 Å². The van der Waals surface area contributed by atoms with Gasteiger partial charge in [0.05, 0.1) is 6.42 Å². The van der Waals surface area contributed by atoms with E-state index in [1.54, 1.807) is 0 Å². The molecule has 118 valence electrons. The number of carbonyl (C=O) groups is 2. The predicted molar refractivity (Wildman–Crippen MR) is 79.8 cm³/mol.